The number of Topliss-reactive ketones (excluding diaryl/α,β-unsaturated/α-hetero) is 1. The fourth-order valence-corrected chi connectivity index (χ4v) is 3.58. The molecule has 154 valence electrons. The van der Waals surface area contributed by atoms with E-state index in [1.54, 1.807) is 13.0 Å². The van der Waals surface area contributed by atoms with Crippen molar-refractivity contribution in [2.45, 2.75) is 33.3 Å². The summed E-state index contributed by atoms with van der Waals surface area (Å²) >= 11 is 0. The molecular weight excluding hydrogens is 389 g/mol. The second kappa shape index (κ2) is 7.70. The van der Waals surface area contributed by atoms with Gasteiger partial charge in [-0.25, -0.2) is 9.02 Å². The summed E-state index contributed by atoms with van der Waals surface area (Å²) in [4.78, 5) is 24.0. The number of hydrogen-bond acceptors (Lipinski definition) is 6. The number of carbonyl (C=O) groups is 2. The Balaban J connectivity index is 1.58. The molecule has 0 unspecified atom stereocenters. The van der Waals surface area contributed by atoms with Gasteiger partial charge in [0.15, 0.2) is 11.5 Å². The van der Waals surface area contributed by atoms with Crippen molar-refractivity contribution in [1.82, 2.24) is 15.6 Å². The monoisotopic (exact) mass is 409 g/mol. The number of halogens is 1. The molecule has 0 saturated carbocycles. The lowest BCUT2D eigenvalue weighted by Crippen LogP contribution is -2.34. The summed E-state index contributed by atoms with van der Waals surface area (Å²) in [6.45, 7) is 5.24. The van der Waals surface area contributed by atoms with Crippen molar-refractivity contribution in [2.75, 3.05) is 6.54 Å². The molecule has 2 aromatic carbocycles. The quantitative estimate of drug-likeness (QED) is 0.649. The smallest absolute Gasteiger partial charge is 0.275 e. The van der Waals surface area contributed by atoms with Gasteiger partial charge in [0, 0.05) is 23.1 Å². The highest BCUT2D eigenvalue weighted by molar-refractivity contribution is 5.95. The van der Waals surface area contributed by atoms with Gasteiger partial charge in [0.25, 0.3) is 5.91 Å². The van der Waals surface area contributed by atoms with Crippen molar-refractivity contribution in [2.24, 2.45) is 0 Å². The Morgan fingerprint density at radius 2 is 1.97 bits per heavy atom. The molecule has 0 fully saturated rings. The molecule has 3 aromatic rings. The van der Waals surface area contributed by atoms with Crippen LogP contribution >= 0.6 is 0 Å². The maximum absolute atomic E-state index is 14.6. The van der Waals surface area contributed by atoms with Gasteiger partial charge in [0.05, 0.1) is 6.54 Å². The normalized spacial score (nSPS) is 14.9. The highest BCUT2D eigenvalue weighted by Crippen LogP contribution is 2.41. The third-order valence-corrected chi connectivity index (χ3v) is 5.06. The lowest BCUT2D eigenvalue weighted by molar-refractivity contribution is 0.0923. The van der Waals surface area contributed by atoms with Crippen LogP contribution in [0.2, 0.25) is 0 Å². The minimum absolute atomic E-state index is 0.130. The van der Waals surface area contributed by atoms with Crippen molar-refractivity contribution in [3.8, 4) is 16.9 Å². The third kappa shape index (κ3) is 3.68. The van der Waals surface area contributed by atoms with Crippen LogP contribution in [0.4, 0.5) is 4.39 Å². The van der Waals surface area contributed by atoms with Crippen LogP contribution in [-0.4, -0.2) is 34.7 Å². The number of nitrogens with one attached hydrogen (secondary N) is 1. The summed E-state index contributed by atoms with van der Waals surface area (Å²) in [7, 11) is 0. The Hall–Kier alpha value is -3.55. The maximum atomic E-state index is 14.6. The van der Waals surface area contributed by atoms with Crippen LogP contribution in [0, 0.1) is 19.7 Å². The number of carbonyl (C=O) groups excluding carboxylic acids is 2. The summed E-state index contributed by atoms with van der Waals surface area (Å²) in [6, 6.07) is 8.13. The predicted molar refractivity (Wildman–Crippen MR) is 106 cm³/mol. The largest absolute Gasteiger partial charge is 0.487 e. The van der Waals surface area contributed by atoms with Gasteiger partial charge in [0.1, 0.15) is 23.4 Å². The van der Waals surface area contributed by atoms with Gasteiger partial charge in [-0.05, 0) is 61.3 Å². The van der Waals surface area contributed by atoms with Gasteiger partial charge >= 0.3 is 0 Å². The second-order valence-corrected chi connectivity index (χ2v) is 7.40. The Bertz CT molecular complexity index is 1160. The van der Waals surface area contributed by atoms with E-state index < -0.39 is 11.7 Å². The minimum atomic E-state index is -0.429. The summed E-state index contributed by atoms with van der Waals surface area (Å²) in [5.74, 6) is -0.398. The van der Waals surface area contributed by atoms with E-state index in [2.05, 4.69) is 20.3 Å². The Morgan fingerprint density at radius 1 is 1.17 bits per heavy atom. The minimum Gasteiger partial charge on any atom is -0.487 e. The number of amides is 1. The molecule has 1 aliphatic heterocycles. The van der Waals surface area contributed by atoms with Crippen LogP contribution in [0.25, 0.3) is 11.1 Å². The lowest BCUT2D eigenvalue weighted by atomic mass is 9.95. The molecule has 0 spiro atoms. The highest BCUT2D eigenvalue weighted by atomic mass is 19.1. The van der Waals surface area contributed by atoms with E-state index in [1.165, 1.54) is 19.1 Å². The molecule has 1 aliphatic rings. The first-order valence-corrected chi connectivity index (χ1v) is 9.52. The fraction of sp³-hybridized carbons (Fsp3) is 0.273. The van der Waals surface area contributed by atoms with Gasteiger partial charge in [-0.1, -0.05) is 11.2 Å². The molecule has 7 nitrogen and oxygen atoms in total. The Labute approximate surface area is 172 Å². The van der Waals surface area contributed by atoms with Crippen molar-refractivity contribution < 1.29 is 23.3 Å². The zero-order chi connectivity index (χ0) is 21.4. The average molecular weight is 409 g/mol. The van der Waals surface area contributed by atoms with Crippen molar-refractivity contribution in [3.63, 3.8) is 0 Å². The molecule has 2 heterocycles. The molecule has 0 radical (unpaired) electrons. The summed E-state index contributed by atoms with van der Waals surface area (Å²) < 4.78 is 25.2. The summed E-state index contributed by atoms with van der Waals surface area (Å²) in [5, 5.41) is 9.95. The molecule has 8 heteroatoms. The maximum Gasteiger partial charge on any atom is 0.275 e. The van der Waals surface area contributed by atoms with Gasteiger partial charge in [-0.3, -0.25) is 9.59 Å². The fourth-order valence-electron chi connectivity index (χ4n) is 3.58. The molecule has 30 heavy (non-hydrogen) atoms. The highest BCUT2D eigenvalue weighted by Gasteiger charge is 2.28. The number of nitrogens with zero attached hydrogens (tertiary/aromatic N) is 2. The zero-order valence-electron chi connectivity index (χ0n) is 16.8. The number of hydrogen-bond donors (Lipinski definition) is 1. The number of aromatic nitrogens is 2. The van der Waals surface area contributed by atoms with E-state index in [0.717, 1.165) is 11.1 Å². The first kappa shape index (κ1) is 19.8. The Kier molecular flexibility index (Phi) is 5.07. The first-order chi connectivity index (χ1) is 14.3. The van der Waals surface area contributed by atoms with E-state index in [-0.39, 0.29) is 24.1 Å². The molecule has 1 N–H and O–H groups in total. The zero-order valence-corrected chi connectivity index (χ0v) is 16.8. The molecular formula is C22H20FN3O4. The number of aryl methyl sites for hydroxylation is 2. The van der Waals surface area contributed by atoms with Crippen LogP contribution in [0.5, 0.6) is 5.75 Å². The standard InChI is InChI=1S/C22H20FN3O4/c1-11-6-15-8-16(10-24-22(28)20-12(2)25-30-26-20)29-21(15)18(7-11)17-9-14(13(3)27)4-5-19(17)23/h4-7,9,16H,8,10H2,1-3H3,(H,24,28)/t16-/m0/s1. The average Bonchev–Trinajstić information content (AvgIpc) is 3.31. The van der Waals surface area contributed by atoms with Crippen LogP contribution in [0.1, 0.15) is 44.6 Å². The third-order valence-electron chi connectivity index (χ3n) is 5.06. The van der Waals surface area contributed by atoms with Crippen molar-refractivity contribution >= 4 is 11.7 Å². The molecule has 1 amide bonds. The van der Waals surface area contributed by atoms with Crippen molar-refractivity contribution in [1.29, 1.82) is 0 Å². The molecule has 0 bridgehead atoms. The second-order valence-electron chi connectivity index (χ2n) is 7.40. The van der Waals surface area contributed by atoms with Gasteiger partial charge in [-0.15, -0.1) is 0 Å². The van der Waals surface area contributed by atoms with Gasteiger partial charge in [0.2, 0.25) is 0 Å². The first-order valence-electron chi connectivity index (χ1n) is 9.52. The number of ketones is 1. The number of fused-ring (bicyclic) bond motifs is 1. The molecule has 1 aromatic heterocycles. The van der Waals surface area contributed by atoms with Crippen LogP contribution in [0.15, 0.2) is 35.0 Å². The van der Waals surface area contributed by atoms with E-state index in [4.69, 9.17) is 4.74 Å². The van der Waals surface area contributed by atoms with Crippen molar-refractivity contribution in [3.05, 3.63) is 64.2 Å². The predicted octanol–water partition coefficient (Wildman–Crippen LogP) is 3.43. The van der Waals surface area contributed by atoms with Gasteiger partial charge in [-0.2, -0.15) is 0 Å². The molecule has 4 rings (SSSR count). The number of benzene rings is 2. The summed E-state index contributed by atoms with van der Waals surface area (Å²) in [5.41, 5.74) is 3.75. The van der Waals surface area contributed by atoms with E-state index in [0.29, 0.717) is 34.6 Å². The Morgan fingerprint density at radius 3 is 2.67 bits per heavy atom. The number of rotatable bonds is 5. The SMILES string of the molecule is CC(=O)c1ccc(F)c(-c2cc(C)cc3c2O[C@H](CNC(=O)c2nonc2C)C3)c1. The lowest BCUT2D eigenvalue weighted by Gasteiger charge is -2.14. The topological polar surface area (TPSA) is 94.3 Å². The molecule has 0 saturated heterocycles. The number of ether oxygens (including phenoxy) is 1. The molecule has 1 atom stereocenters. The molecule has 0 aliphatic carbocycles. The van der Waals surface area contributed by atoms with Crippen LogP contribution in [-0.2, 0) is 6.42 Å². The van der Waals surface area contributed by atoms with E-state index >= 15 is 0 Å². The van der Waals surface area contributed by atoms with Crippen LogP contribution in [0.3, 0.4) is 0 Å². The summed E-state index contributed by atoms with van der Waals surface area (Å²) in [6.07, 6.45) is 0.248. The van der Waals surface area contributed by atoms with Crippen LogP contribution < -0.4 is 10.1 Å². The van der Waals surface area contributed by atoms with E-state index in [9.17, 15) is 14.0 Å². The van der Waals surface area contributed by atoms with E-state index in [1.807, 2.05) is 19.1 Å². The van der Waals surface area contributed by atoms with Gasteiger partial charge < -0.3 is 10.1 Å².